The number of hydrogen-bond donors (Lipinski definition) is 2. The summed E-state index contributed by atoms with van der Waals surface area (Å²) >= 11 is 6.10. The van der Waals surface area contributed by atoms with Crippen molar-refractivity contribution >= 4 is 17.6 Å². The summed E-state index contributed by atoms with van der Waals surface area (Å²) in [6.45, 7) is 5.01. The molecule has 29 heavy (non-hydrogen) atoms. The molecule has 2 N–H and O–H groups in total. The first-order valence-electron chi connectivity index (χ1n) is 10.1. The minimum absolute atomic E-state index is 0.0964. The number of aliphatic imine (C=N–C) groups is 1. The first-order chi connectivity index (χ1) is 14.1. The molecule has 0 amide bonds. The lowest BCUT2D eigenvalue weighted by atomic mass is 10.1. The Morgan fingerprint density at radius 3 is 2.69 bits per heavy atom. The standard InChI is InChI=1S/C23H30ClN3O2/c1-17(20-7-4-8-21(24)14-20)27-23(25-2)26-15-18-5-3-6-19(13-18)16-29-22-9-11-28-12-10-22/h3-8,13-14,17,22H,9-12,15-16H2,1-2H3,(H2,25,26,27). The molecule has 1 atom stereocenters. The van der Waals surface area contributed by atoms with E-state index >= 15 is 0 Å². The Balaban J connectivity index is 1.50. The molecule has 1 heterocycles. The third-order valence-corrected chi connectivity index (χ3v) is 5.27. The van der Waals surface area contributed by atoms with Gasteiger partial charge in [0.1, 0.15) is 0 Å². The number of hydrogen-bond acceptors (Lipinski definition) is 3. The van der Waals surface area contributed by atoms with E-state index < -0.39 is 0 Å². The molecule has 0 bridgehead atoms. The van der Waals surface area contributed by atoms with E-state index in [0.29, 0.717) is 19.3 Å². The van der Waals surface area contributed by atoms with Gasteiger partial charge in [0.15, 0.2) is 5.96 Å². The van der Waals surface area contributed by atoms with Crippen LogP contribution in [0.1, 0.15) is 42.5 Å². The first-order valence-corrected chi connectivity index (χ1v) is 10.5. The lowest BCUT2D eigenvalue weighted by Gasteiger charge is -2.22. The van der Waals surface area contributed by atoms with Crippen molar-refractivity contribution in [1.29, 1.82) is 0 Å². The van der Waals surface area contributed by atoms with Crippen molar-refractivity contribution in [3.05, 3.63) is 70.2 Å². The van der Waals surface area contributed by atoms with Crippen molar-refractivity contribution in [2.75, 3.05) is 20.3 Å². The number of halogens is 1. The molecule has 2 aromatic carbocycles. The summed E-state index contributed by atoms with van der Waals surface area (Å²) in [6, 6.07) is 16.4. The van der Waals surface area contributed by atoms with Crippen LogP contribution in [-0.2, 0) is 22.6 Å². The fourth-order valence-electron chi connectivity index (χ4n) is 3.33. The maximum absolute atomic E-state index is 6.10. The van der Waals surface area contributed by atoms with Gasteiger partial charge in [-0.3, -0.25) is 4.99 Å². The van der Waals surface area contributed by atoms with E-state index in [-0.39, 0.29) is 6.04 Å². The molecule has 0 spiro atoms. The predicted molar refractivity (Wildman–Crippen MR) is 118 cm³/mol. The van der Waals surface area contributed by atoms with Gasteiger partial charge in [0.2, 0.25) is 0 Å². The van der Waals surface area contributed by atoms with Crippen molar-refractivity contribution in [3.8, 4) is 0 Å². The average Bonchev–Trinajstić information content (AvgIpc) is 2.76. The van der Waals surface area contributed by atoms with E-state index in [9.17, 15) is 0 Å². The number of ether oxygens (including phenoxy) is 2. The van der Waals surface area contributed by atoms with Crippen molar-refractivity contribution in [1.82, 2.24) is 10.6 Å². The number of guanidine groups is 1. The highest BCUT2D eigenvalue weighted by molar-refractivity contribution is 6.30. The van der Waals surface area contributed by atoms with Crippen LogP contribution in [0.4, 0.5) is 0 Å². The van der Waals surface area contributed by atoms with E-state index in [1.807, 2.05) is 18.2 Å². The van der Waals surface area contributed by atoms with Crippen molar-refractivity contribution in [2.45, 2.75) is 45.1 Å². The number of nitrogens with one attached hydrogen (secondary N) is 2. The largest absolute Gasteiger partial charge is 0.381 e. The molecule has 0 aromatic heterocycles. The molecule has 1 aliphatic rings. The van der Waals surface area contributed by atoms with Gasteiger partial charge in [0.25, 0.3) is 0 Å². The Kier molecular flexibility index (Phi) is 8.35. The fourth-order valence-corrected chi connectivity index (χ4v) is 3.53. The molecule has 6 heteroatoms. The van der Waals surface area contributed by atoms with Gasteiger partial charge in [-0.15, -0.1) is 0 Å². The molecule has 156 valence electrons. The van der Waals surface area contributed by atoms with Crippen LogP contribution in [0, 0.1) is 0 Å². The maximum atomic E-state index is 6.10. The normalized spacial score (nSPS) is 16.4. The Morgan fingerprint density at radius 2 is 1.93 bits per heavy atom. The topological polar surface area (TPSA) is 54.9 Å². The molecular formula is C23H30ClN3O2. The summed E-state index contributed by atoms with van der Waals surface area (Å²) in [7, 11) is 1.78. The third kappa shape index (κ3) is 7.03. The molecule has 0 radical (unpaired) electrons. The van der Waals surface area contributed by atoms with Gasteiger partial charge in [-0.25, -0.2) is 0 Å². The monoisotopic (exact) mass is 415 g/mol. The number of nitrogens with zero attached hydrogens (tertiary/aromatic N) is 1. The second-order valence-electron chi connectivity index (χ2n) is 7.29. The molecule has 1 unspecified atom stereocenters. The molecule has 0 aliphatic carbocycles. The van der Waals surface area contributed by atoms with Gasteiger partial charge >= 0.3 is 0 Å². The highest BCUT2D eigenvalue weighted by atomic mass is 35.5. The fraction of sp³-hybridized carbons (Fsp3) is 0.435. The van der Waals surface area contributed by atoms with Gasteiger partial charge in [-0.05, 0) is 48.6 Å². The van der Waals surface area contributed by atoms with E-state index in [2.05, 4.69) is 52.9 Å². The molecule has 0 saturated carbocycles. The highest BCUT2D eigenvalue weighted by Crippen LogP contribution is 2.17. The Labute approximate surface area is 178 Å². The van der Waals surface area contributed by atoms with Gasteiger partial charge in [-0.2, -0.15) is 0 Å². The van der Waals surface area contributed by atoms with Crippen LogP contribution >= 0.6 is 11.6 Å². The molecule has 3 rings (SSSR count). The van der Waals surface area contributed by atoms with Gasteiger partial charge < -0.3 is 20.1 Å². The minimum Gasteiger partial charge on any atom is -0.381 e. The Bertz CT molecular complexity index is 806. The van der Waals surface area contributed by atoms with Crippen LogP contribution in [0.2, 0.25) is 5.02 Å². The average molecular weight is 416 g/mol. The minimum atomic E-state index is 0.0964. The smallest absolute Gasteiger partial charge is 0.191 e. The van der Waals surface area contributed by atoms with E-state index in [0.717, 1.165) is 42.6 Å². The molecular weight excluding hydrogens is 386 g/mol. The lowest BCUT2D eigenvalue weighted by molar-refractivity contribution is -0.0390. The second kappa shape index (κ2) is 11.2. The molecule has 1 saturated heterocycles. The van der Waals surface area contributed by atoms with Crippen LogP contribution in [0.25, 0.3) is 0 Å². The number of rotatable bonds is 7. The SMILES string of the molecule is CN=C(NCc1cccc(COC2CCOCC2)c1)NC(C)c1cccc(Cl)c1. The zero-order chi connectivity index (χ0) is 20.5. The van der Waals surface area contributed by atoms with Crippen LogP contribution in [0.15, 0.2) is 53.5 Å². The summed E-state index contributed by atoms with van der Waals surface area (Å²) in [4.78, 5) is 4.34. The van der Waals surface area contributed by atoms with E-state index in [1.165, 1.54) is 11.1 Å². The summed E-state index contributed by atoms with van der Waals surface area (Å²) in [6.07, 6.45) is 2.27. The van der Waals surface area contributed by atoms with Crippen LogP contribution in [0.3, 0.4) is 0 Å². The van der Waals surface area contributed by atoms with Gasteiger partial charge in [0.05, 0.1) is 18.8 Å². The van der Waals surface area contributed by atoms with Crippen LogP contribution in [0.5, 0.6) is 0 Å². The van der Waals surface area contributed by atoms with E-state index in [4.69, 9.17) is 21.1 Å². The predicted octanol–water partition coefficient (Wildman–Crippen LogP) is 4.46. The Morgan fingerprint density at radius 1 is 1.17 bits per heavy atom. The molecule has 5 nitrogen and oxygen atoms in total. The lowest BCUT2D eigenvalue weighted by Crippen LogP contribution is -2.38. The zero-order valence-electron chi connectivity index (χ0n) is 17.2. The van der Waals surface area contributed by atoms with Crippen molar-refractivity contribution in [2.24, 2.45) is 4.99 Å². The molecule has 1 aliphatic heterocycles. The summed E-state index contributed by atoms with van der Waals surface area (Å²) in [5.74, 6) is 0.751. The summed E-state index contributed by atoms with van der Waals surface area (Å²) < 4.78 is 11.4. The number of benzene rings is 2. The first kappa shape index (κ1) is 21.6. The van der Waals surface area contributed by atoms with Crippen LogP contribution in [-0.4, -0.2) is 32.3 Å². The van der Waals surface area contributed by atoms with Crippen LogP contribution < -0.4 is 10.6 Å². The Hall–Kier alpha value is -2.08. The quantitative estimate of drug-likeness (QED) is 0.517. The van der Waals surface area contributed by atoms with E-state index in [1.54, 1.807) is 7.05 Å². The van der Waals surface area contributed by atoms with Gasteiger partial charge in [0, 0.05) is 31.8 Å². The van der Waals surface area contributed by atoms with Crippen molar-refractivity contribution < 1.29 is 9.47 Å². The summed E-state index contributed by atoms with van der Waals surface area (Å²) in [5, 5.41) is 7.52. The third-order valence-electron chi connectivity index (χ3n) is 5.03. The zero-order valence-corrected chi connectivity index (χ0v) is 17.9. The maximum Gasteiger partial charge on any atom is 0.191 e. The molecule has 2 aromatic rings. The van der Waals surface area contributed by atoms with Gasteiger partial charge in [-0.1, -0.05) is 48.0 Å². The van der Waals surface area contributed by atoms with Crippen molar-refractivity contribution in [3.63, 3.8) is 0 Å². The second-order valence-corrected chi connectivity index (χ2v) is 7.73. The molecule has 1 fully saturated rings. The highest BCUT2D eigenvalue weighted by Gasteiger charge is 2.14. The summed E-state index contributed by atoms with van der Waals surface area (Å²) in [5.41, 5.74) is 3.50.